The Bertz CT molecular complexity index is 532. The van der Waals surface area contributed by atoms with Gasteiger partial charge >= 0.3 is 0 Å². The smallest absolute Gasteiger partial charge is 0.240 e. The first kappa shape index (κ1) is 13.0. The van der Waals surface area contributed by atoms with Gasteiger partial charge in [-0.1, -0.05) is 13.8 Å². The van der Waals surface area contributed by atoms with Crippen molar-refractivity contribution < 1.29 is 0 Å². The second-order valence-corrected chi connectivity index (χ2v) is 5.47. The lowest BCUT2D eigenvalue weighted by Crippen LogP contribution is -2.33. The molecule has 2 aromatic rings. The molecule has 2 heterocycles. The average Bonchev–Trinajstić information content (AvgIpc) is 2.86. The summed E-state index contributed by atoms with van der Waals surface area (Å²) in [6, 6.07) is 2.04. The van der Waals surface area contributed by atoms with Crippen LogP contribution >= 0.6 is 11.3 Å². The minimum absolute atomic E-state index is 0.0368. The normalized spacial score (nSPS) is 11.8. The fraction of sp³-hybridized carbons (Fsp3) is 0.500. The number of rotatable bonds is 5. The maximum Gasteiger partial charge on any atom is 0.240 e. The summed E-state index contributed by atoms with van der Waals surface area (Å²) in [4.78, 5) is 9.69. The lowest BCUT2D eigenvalue weighted by molar-refractivity contribution is 0.477. The summed E-state index contributed by atoms with van der Waals surface area (Å²) in [6.45, 7) is 6.54. The van der Waals surface area contributed by atoms with Crippen LogP contribution in [0.15, 0.2) is 11.4 Å². The highest BCUT2D eigenvalue weighted by Crippen LogP contribution is 2.29. The van der Waals surface area contributed by atoms with Crippen molar-refractivity contribution in [1.82, 2.24) is 9.97 Å². The summed E-state index contributed by atoms with van der Waals surface area (Å²) in [5, 5.41) is 6.58. The number of aromatic nitrogens is 2. The van der Waals surface area contributed by atoms with Gasteiger partial charge in [0.2, 0.25) is 5.95 Å². The first-order chi connectivity index (χ1) is 8.61. The monoisotopic (exact) mass is 265 g/mol. The van der Waals surface area contributed by atoms with Gasteiger partial charge in [-0.15, -0.1) is 11.3 Å². The number of hydrogen-bond acceptors (Lipinski definition) is 6. The lowest BCUT2D eigenvalue weighted by Gasteiger charge is -2.29. The van der Waals surface area contributed by atoms with Gasteiger partial charge in [0.1, 0.15) is 10.6 Å². The van der Waals surface area contributed by atoms with Crippen molar-refractivity contribution in [3.63, 3.8) is 0 Å². The van der Waals surface area contributed by atoms with Crippen molar-refractivity contribution in [3.8, 4) is 0 Å². The number of anilines is 2. The van der Waals surface area contributed by atoms with Crippen LogP contribution in [-0.2, 0) is 0 Å². The zero-order valence-electron chi connectivity index (χ0n) is 10.9. The second-order valence-electron chi connectivity index (χ2n) is 4.57. The maximum atomic E-state index is 5.41. The predicted molar refractivity (Wildman–Crippen MR) is 77.8 cm³/mol. The van der Waals surface area contributed by atoms with Crippen LogP contribution in [0.3, 0.4) is 0 Å². The first-order valence-corrected chi connectivity index (χ1v) is 7.00. The molecule has 0 aromatic carbocycles. The van der Waals surface area contributed by atoms with Crippen LogP contribution < -0.4 is 16.6 Å². The van der Waals surface area contributed by atoms with E-state index in [-0.39, 0.29) is 5.54 Å². The molecule has 0 aliphatic rings. The molecule has 0 amide bonds. The molecule has 6 heteroatoms. The Morgan fingerprint density at radius 2 is 2.06 bits per heavy atom. The lowest BCUT2D eigenvalue weighted by atomic mass is 9.95. The van der Waals surface area contributed by atoms with Crippen molar-refractivity contribution in [2.75, 3.05) is 10.7 Å². The van der Waals surface area contributed by atoms with Crippen molar-refractivity contribution in [2.45, 2.75) is 39.2 Å². The van der Waals surface area contributed by atoms with Crippen molar-refractivity contribution >= 4 is 33.3 Å². The van der Waals surface area contributed by atoms with Crippen LogP contribution in [0.2, 0.25) is 0 Å². The summed E-state index contributed by atoms with van der Waals surface area (Å²) in [6.07, 6.45) is 2.06. The van der Waals surface area contributed by atoms with Gasteiger partial charge in [0.25, 0.3) is 0 Å². The fourth-order valence-electron chi connectivity index (χ4n) is 1.73. The van der Waals surface area contributed by atoms with E-state index in [0.717, 1.165) is 28.9 Å². The van der Waals surface area contributed by atoms with E-state index in [1.54, 1.807) is 11.3 Å². The fourth-order valence-corrected chi connectivity index (χ4v) is 2.49. The standard InChI is InChI=1S/C12H19N5S/c1-4-12(3,5-2)16-9-8-6-7-18-10(8)15-11(14-9)17-13/h6-7H,4-5,13H2,1-3H3,(H2,14,15,16,17). The molecule has 0 unspecified atom stereocenters. The summed E-state index contributed by atoms with van der Waals surface area (Å²) in [5.41, 5.74) is 2.55. The van der Waals surface area contributed by atoms with E-state index in [1.807, 2.05) is 11.4 Å². The topological polar surface area (TPSA) is 75.9 Å². The summed E-state index contributed by atoms with van der Waals surface area (Å²) >= 11 is 1.59. The molecule has 0 radical (unpaired) electrons. The van der Waals surface area contributed by atoms with E-state index in [9.17, 15) is 0 Å². The second kappa shape index (κ2) is 5.07. The molecule has 0 spiro atoms. The summed E-state index contributed by atoms with van der Waals surface area (Å²) in [7, 11) is 0. The molecule has 0 bridgehead atoms. The van der Waals surface area contributed by atoms with E-state index in [1.165, 1.54) is 0 Å². The predicted octanol–water partition coefficient (Wildman–Crippen LogP) is 2.97. The molecule has 2 aromatic heterocycles. The summed E-state index contributed by atoms with van der Waals surface area (Å²) < 4.78 is 0. The van der Waals surface area contributed by atoms with Gasteiger partial charge in [-0.3, -0.25) is 5.43 Å². The number of fused-ring (bicyclic) bond motifs is 1. The number of nitrogen functional groups attached to an aromatic ring is 1. The van der Waals surface area contributed by atoms with Crippen LogP contribution in [0.5, 0.6) is 0 Å². The zero-order valence-corrected chi connectivity index (χ0v) is 11.8. The third-order valence-corrected chi connectivity index (χ3v) is 4.24. The highest BCUT2D eigenvalue weighted by Gasteiger charge is 2.21. The molecule has 0 fully saturated rings. The van der Waals surface area contributed by atoms with Crippen LogP contribution in [0, 0.1) is 0 Å². The van der Waals surface area contributed by atoms with Gasteiger partial charge in [0.05, 0.1) is 5.39 Å². The number of hydrogen-bond donors (Lipinski definition) is 3. The molecule has 0 saturated heterocycles. The third kappa shape index (κ3) is 2.39. The highest BCUT2D eigenvalue weighted by molar-refractivity contribution is 7.16. The Morgan fingerprint density at radius 1 is 1.33 bits per heavy atom. The van der Waals surface area contributed by atoms with Crippen LogP contribution in [0.1, 0.15) is 33.6 Å². The minimum atomic E-state index is 0.0368. The van der Waals surface area contributed by atoms with Gasteiger partial charge < -0.3 is 5.32 Å². The Hall–Kier alpha value is -1.40. The molecule has 4 N–H and O–H groups in total. The molecule has 0 saturated carbocycles. The molecular formula is C12H19N5S. The Morgan fingerprint density at radius 3 is 2.67 bits per heavy atom. The largest absolute Gasteiger partial charge is 0.364 e. The SMILES string of the molecule is CCC(C)(CC)Nc1nc(NN)nc2sccc12. The Labute approximate surface area is 111 Å². The maximum absolute atomic E-state index is 5.41. The quantitative estimate of drug-likeness (QED) is 0.572. The van der Waals surface area contributed by atoms with Crippen molar-refractivity contribution in [3.05, 3.63) is 11.4 Å². The molecule has 2 rings (SSSR count). The average molecular weight is 265 g/mol. The number of nitrogens with two attached hydrogens (primary N) is 1. The molecule has 0 aliphatic heterocycles. The third-order valence-electron chi connectivity index (χ3n) is 3.43. The van der Waals surface area contributed by atoms with Gasteiger partial charge in [0.15, 0.2) is 0 Å². The zero-order chi connectivity index (χ0) is 13.2. The number of thiophene rings is 1. The van der Waals surface area contributed by atoms with E-state index >= 15 is 0 Å². The van der Waals surface area contributed by atoms with E-state index < -0.39 is 0 Å². The van der Waals surface area contributed by atoms with Crippen LogP contribution in [0.25, 0.3) is 10.2 Å². The number of nitrogens with one attached hydrogen (secondary N) is 2. The highest BCUT2D eigenvalue weighted by atomic mass is 32.1. The van der Waals surface area contributed by atoms with E-state index in [4.69, 9.17) is 5.84 Å². The molecular weight excluding hydrogens is 246 g/mol. The summed E-state index contributed by atoms with van der Waals surface area (Å²) in [5.74, 6) is 6.70. The van der Waals surface area contributed by atoms with Gasteiger partial charge in [-0.2, -0.15) is 4.98 Å². The van der Waals surface area contributed by atoms with Crippen LogP contribution in [0.4, 0.5) is 11.8 Å². The Balaban J connectivity index is 2.45. The van der Waals surface area contributed by atoms with Crippen molar-refractivity contribution in [1.29, 1.82) is 0 Å². The van der Waals surface area contributed by atoms with E-state index in [2.05, 4.69) is 41.5 Å². The van der Waals surface area contributed by atoms with Crippen LogP contribution in [-0.4, -0.2) is 15.5 Å². The van der Waals surface area contributed by atoms with Gasteiger partial charge in [-0.05, 0) is 31.2 Å². The first-order valence-electron chi connectivity index (χ1n) is 6.12. The molecule has 5 nitrogen and oxygen atoms in total. The molecule has 0 atom stereocenters. The molecule has 98 valence electrons. The van der Waals surface area contributed by atoms with E-state index in [0.29, 0.717) is 5.95 Å². The van der Waals surface area contributed by atoms with Crippen molar-refractivity contribution in [2.24, 2.45) is 5.84 Å². The minimum Gasteiger partial charge on any atom is -0.364 e. The molecule has 18 heavy (non-hydrogen) atoms. The number of nitrogens with zero attached hydrogens (tertiary/aromatic N) is 2. The Kier molecular flexibility index (Phi) is 3.68. The molecule has 0 aliphatic carbocycles. The van der Waals surface area contributed by atoms with Gasteiger partial charge in [0, 0.05) is 5.54 Å². The van der Waals surface area contributed by atoms with Gasteiger partial charge in [-0.25, -0.2) is 10.8 Å². The number of hydrazine groups is 1.